The van der Waals surface area contributed by atoms with Crippen molar-refractivity contribution in [2.75, 3.05) is 6.61 Å². The Balaban J connectivity index is 3.90. The van der Waals surface area contributed by atoms with Crippen LogP contribution < -0.4 is 0 Å². The Morgan fingerprint density at radius 1 is 1.00 bits per heavy atom. The summed E-state index contributed by atoms with van der Waals surface area (Å²) in [7, 11) is 0. The topological polar surface area (TPSA) is 101 Å². The van der Waals surface area contributed by atoms with Crippen LogP contribution in [-0.4, -0.2) is 56.6 Å². The van der Waals surface area contributed by atoms with Crippen LogP contribution in [0.1, 0.15) is 6.92 Å². The van der Waals surface area contributed by atoms with E-state index in [0.717, 1.165) is 0 Å². The van der Waals surface area contributed by atoms with Gasteiger partial charge in [-0.2, -0.15) is 0 Å². The van der Waals surface area contributed by atoms with E-state index in [0.29, 0.717) is 0 Å². The molecule has 0 saturated carbocycles. The summed E-state index contributed by atoms with van der Waals surface area (Å²) in [6.45, 7) is 0.628. The van der Waals surface area contributed by atoms with Gasteiger partial charge in [-0.1, -0.05) is 0 Å². The van der Waals surface area contributed by atoms with Crippen LogP contribution in [0.5, 0.6) is 0 Å². The van der Waals surface area contributed by atoms with Gasteiger partial charge in [-0.05, 0) is 6.92 Å². The minimum absolute atomic E-state index is 0.648. The molecule has 0 spiro atoms. The highest BCUT2D eigenvalue weighted by Gasteiger charge is 2.27. The first-order valence-electron chi connectivity index (χ1n) is 3.33. The second-order valence-corrected chi connectivity index (χ2v) is 2.47. The van der Waals surface area contributed by atoms with Crippen molar-refractivity contribution < 1.29 is 25.5 Å². The minimum Gasteiger partial charge on any atom is -0.394 e. The van der Waals surface area contributed by atoms with Gasteiger partial charge in [0.2, 0.25) is 0 Å². The lowest BCUT2D eigenvalue weighted by atomic mass is 10.1. The molecular formula is C6H14O5. The standard InChI is InChI=1S/C6H14O5/c1-3(8)5(10)6(11)4(9)2-7/h3-11H,2H2,1H3/t3-,4-,5+,6-/m1/s1. The zero-order valence-electron chi connectivity index (χ0n) is 6.25. The Kier molecular flexibility index (Phi) is 4.55. The van der Waals surface area contributed by atoms with Gasteiger partial charge < -0.3 is 25.5 Å². The summed E-state index contributed by atoms with van der Waals surface area (Å²) in [5.41, 5.74) is 0. The van der Waals surface area contributed by atoms with Crippen LogP contribution >= 0.6 is 0 Å². The molecular weight excluding hydrogens is 152 g/mol. The molecule has 5 nitrogen and oxygen atoms in total. The normalized spacial score (nSPS) is 22.4. The highest BCUT2D eigenvalue weighted by Crippen LogP contribution is 2.03. The first-order chi connectivity index (χ1) is 5.00. The third-order valence-corrected chi connectivity index (χ3v) is 1.43. The summed E-state index contributed by atoms with van der Waals surface area (Å²) < 4.78 is 0. The molecule has 4 atom stereocenters. The maximum absolute atomic E-state index is 8.94. The summed E-state index contributed by atoms with van der Waals surface area (Å²) >= 11 is 0. The van der Waals surface area contributed by atoms with Crippen LogP contribution in [0.3, 0.4) is 0 Å². The van der Waals surface area contributed by atoms with Crippen molar-refractivity contribution in [3.05, 3.63) is 0 Å². The number of hydrogen-bond acceptors (Lipinski definition) is 5. The third-order valence-electron chi connectivity index (χ3n) is 1.43. The van der Waals surface area contributed by atoms with E-state index in [1.807, 2.05) is 0 Å². The molecule has 0 aromatic carbocycles. The van der Waals surface area contributed by atoms with Crippen molar-refractivity contribution in [1.82, 2.24) is 0 Å². The zero-order chi connectivity index (χ0) is 9.02. The largest absolute Gasteiger partial charge is 0.394 e. The number of hydrogen-bond donors (Lipinski definition) is 5. The molecule has 0 radical (unpaired) electrons. The predicted molar refractivity (Wildman–Crippen MR) is 36.8 cm³/mol. The molecule has 0 rings (SSSR count). The lowest BCUT2D eigenvalue weighted by Gasteiger charge is -2.23. The van der Waals surface area contributed by atoms with Gasteiger partial charge in [0.25, 0.3) is 0 Å². The quantitative estimate of drug-likeness (QED) is 0.316. The molecule has 0 aromatic heterocycles. The van der Waals surface area contributed by atoms with Gasteiger partial charge >= 0.3 is 0 Å². The van der Waals surface area contributed by atoms with E-state index in [1.165, 1.54) is 6.92 Å². The maximum Gasteiger partial charge on any atom is 0.110 e. The monoisotopic (exact) mass is 166 g/mol. The fraction of sp³-hybridized carbons (Fsp3) is 1.00. The van der Waals surface area contributed by atoms with E-state index in [-0.39, 0.29) is 0 Å². The second kappa shape index (κ2) is 4.63. The molecule has 5 N–H and O–H groups in total. The Bertz CT molecular complexity index is 105. The molecule has 0 unspecified atom stereocenters. The molecule has 5 heteroatoms. The van der Waals surface area contributed by atoms with Crippen molar-refractivity contribution in [2.45, 2.75) is 31.3 Å². The Hall–Kier alpha value is -0.200. The van der Waals surface area contributed by atoms with E-state index >= 15 is 0 Å². The average molecular weight is 166 g/mol. The van der Waals surface area contributed by atoms with E-state index in [1.54, 1.807) is 0 Å². The van der Waals surface area contributed by atoms with E-state index in [2.05, 4.69) is 0 Å². The minimum atomic E-state index is -1.51. The van der Waals surface area contributed by atoms with Crippen LogP contribution in [0.4, 0.5) is 0 Å². The average Bonchev–Trinajstić information content (AvgIpc) is 2.00. The highest BCUT2D eigenvalue weighted by atomic mass is 16.4. The van der Waals surface area contributed by atoms with Gasteiger partial charge in [0, 0.05) is 0 Å². The lowest BCUT2D eigenvalue weighted by Crippen LogP contribution is -2.44. The van der Waals surface area contributed by atoms with Crippen molar-refractivity contribution in [3.8, 4) is 0 Å². The van der Waals surface area contributed by atoms with Crippen molar-refractivity contribution in [2.24, 2.45) is 0 Å². The molecule has 0 aliphatic carbocycles. The van der Waals surface area contributed by atoms with Crippen molar-refractivity contribution in [3.63, 3.8) is 0 Å². The van der Waals surface area contributed by atoms with Crippen molar-refractivity contribution >= 4 is 0 Å². The van der Waals surface area contributed by atoms with Crippen LogP contribution in [-0.2, 0) is 0 Å². The molecule has 11 heavy (non-hydrogen) atoms. The number of aliphatic hydroxyl groups excluding tert-OH is 5. The van der Waals surface area contributed by atoms with Crippen LogP contribution in [0.25, 0.3) is 0 Å². The lowest BCUT2D eigenvalue weighted by molar-refractivity contribution is -0.110. The van der Waals surface area contributed by atoms with Gasteiger partial charge in [0.1, 0.15) is 18.3 Å². The molecule has 0 saturated heterocycles. The van der Waals surface area contributed by atoms with Crippen LogP contribution in [0.2, 0.25) is 0 Å². The molecule has 0 amide bonds. The molecule has 0 fully saturated rings. The summed E-state index contributed by atoms with van der Waals surface area (Å²) in [5, 5.41) is 43.7. The molecule has 0 aromatic rings. The Morgan fingerprint density at radius 3 is 1.73 bits per heavy atom. The Labute approximate surface area is 64.5 Å². The van der Waals surface area contributed by atoms with Gasteiger partial charge in [0.05, 0.1) is 12.7 Å². The Morgan fingerprint density at radius 2 is 1.45 bits per heavy atom. The summed E-state index contributed by atoms with van der Waals surface area (Å²) in [6.07, 6.45) is -5.50. The van der Waals surface area contributed by atoms with E-state index < -0.39 is 31.0 Å². The first kappa shape index (κ1) is 10.8. The predicted octanol–water partition coefficient (Wildman–Crippen LogP) is -2.56. The van der Waals surface area contributed by atoms with Crippen LogP contribution in [0.15, 0.2) is 0 Å². The van der Waals surface area contributed by atoms with Crippen LogP contribution in [0, 0.1) is 0 Å². The smallest absolute Gasteiger partial charge is 0.110 e. The van der Waals surface area contributed by atoms with Gasteiger partial charge in [-0.15, -0.1) is 0 Å². The zero-order valence-corrected chi connectivity index (χ0v) is 6.25. The fourth-order valence-corrected chi connectivity index (χ4v) is 0.621. The first-order valence-corrected chi connectivity index (χ1v) is 3.33. The van der Waals surface area contributed by atoms with Gasteiger partial charge in [-0.25, -0.2) is 0 Å². The number of rotatable bonds is 4. The fourth-order valence-electron chi connectivity index (χ4n) is 0.621. The SMILES string of the molecule is C[C@@H](O)[C@H](O)[C@H](O)[C@H](O)CO. The molecule has 0 heterocycles. The third kappa shape index (κ3) is 3.13. The summed E-state index contributed by atoms with van der Waals surface area (Å²) in [4.78, 5) is 0. The number of aliphatic hydroxyl groups is 5. The van der Waals surface area contributed by atoms with Gasteiger partial charge in [0.15, 0.2) is 0 Å². The van der Waals surface area contributed by atoms with E-state index in [9.17, 15) is 0 Å². The second-order valence-electron chi connectivity index (χ2n) is 2.47. The van der Waals surface area contributed by atoms with Crippen molar-refractivity contribution in [1.29, 1.82) is 0 Å². The molecule has 0 aliphatic rings. The molecule has 0 bridgehead atoms. The highest BCUT2D eigenvalue weighted by molar-refractivity contribution is 4.77. The summed E-state index contributed by atoms with van der Waals surface area (Å²) in [6, 6.07) is 0. The van der Waals surface area contributed by atoms with E-state index in [4.69, 9.17) is 25.5 Å². The van der Waals surface area contributed by atoms with Gasteiger partial charge in [-0.3, -0.25) is 0 Å². The summed E-state index contributed by atoms with van der Waals surface area (Å²) in [5.74, 6) is 0. The molecule has 68 valence electrons. The molecule has 0 aliphatic heterocycles. The maximum atomic E-state index is 8.94.